The zero-order valence-electron chi connectivity index (χ0n) is 14.9. The highest BCUT2D eigenvalue weighted by molar-refractivity contribution is 6.07. The van der Waals surface area contributed by atoms with E-state index in [0.29, 0.717) is 35.8 Å². The molecule has 2 aliphatic rings. The van der Waals surface area contributed by atoms with Gasteiger partial charge >= 0.3 is 6.03 Å². The van der Waals surface area contributed by atoms with Crippen molar-refractivity contribution < 1.29 is 18.8 Å². The van der Waals surface area contributed by atoms with Gasteiger partial charge in [-0.3, -0.25) is 9.69 Å². The fourth-order valence-electron chi connectivity index (χ4n) is 3.80. The van der Waals surface area contributed by atoms with E-state index in [0.717, 1.165) is 5.56 Å². The molecule has 1 atom stereocenters. The fraction of sp³-hybridized carbons (Fsp3) is 0.190. The van der Waals surface area contributed by atoms with Crippen molar-refractivity contribution in [3.63, 3.8) is 0 Å². The van der Waals surface area contributed by atoms with Gasteiger partial charge in [-0.25, -0.2) is 4.79 Å². The fourth-order valence-corrected chi connectivity index (χ4v) is 3.80. The van der Waals surface area contributed by atoms with Gasteiger partial charge in [0.05, 0.1) is 13.2 Å². The van der Waals surface area contributed by atoms with Crippen LogP contribution in [0.3, 0.4) is 0 Å². The second kappa shape index (κ2) is 6.23. The summed E-state index contributed by atoms with van der Waals surface area (Å²) in [4.78, 5) is 27.1. The van der Waals surface area contributed by atoms with Crippen molar-refractivity contribution in [2.45, 2.75) is 18.5 Å². The molecule has 28 heavy (non-hydrogen) atoms. The number of para-hydroxylation sites is 1. The van der Waals surface area contributed by atoms with Crippen LogP contribution in [0.25, 0.3) is 11.3 Å². The molecule has 140 valence electrons. The normalized spacial score (nSPS) is 20.8. The molecule has 7 heteroatoms. The van der Waals surface area contributed by atoms with Crippen molar-refractivity contribution >= 4 is 11.9 Å². The van der Waals surface area contributed by atoms with E-state index in [4.69, 9.17) is 9.26 Å². The maximum Gasteiger partial charge on any atom is 0.325 e. The van der Waals surface area contributed by atoms with Crippen molar-refractivity contribution in [2.75, 3.05) is 6.61 Å². The van der Waals surface area contributed by atoms with Gasteiger partial charge in [-0.1, -0.05) is 53.7 Å². The zero-order valence-corrected chi connectivity index (χ0v) is 14.9. The van der Waals surface area contributed by atoms with Crippen molar-refractivity contribution in [3.8, 4) is 17.1 Å². The van der Waals surface area contributed by atoms with E-state index in [2.05, 4.69) is 10.5 Å². The minimum Gasteiger partial charge on any atom is -0.493 e. The topological polar surface area (TPSA) is 84.7 Å². The summed E-state index contributed by atoms with van der Waals surface area (Å²) < 4.78 is 11.0. The summed E-state index contributed by atoms with van der Waals surface area (Å²) in [6.45, 7) is 0.408. The van der Waals surface area contributed by atoms with Gasteiger partial charge in [0.25, 0.3) is 5.91 Å². The van der Waals surface area contributed by atoms with E-state index < -0.39 is 11.6 Å². The van der Waals surface area contributed by atoms with Crippen LogP contribution in [0.15, 0.2) is 65.2 Å². The Morgan fingerprint density at radius 2 is 1.86 bits per heavy atom. The first-order valence-corrected chi connectivity index (χ1v) is 9.05. The maximum absolute atomic E-state index is 13.3. The van der Waals surface area contributed by atoms with Crippen LogP contribution in [0, 0.1) is 0 Å². The van der Waals surface area contributed by atoms with E-state index in [9.17, 15) is 9.59 Å². The van der Waals surface area contributed by atoms with E-state index in [1.54, 1.807) is 6.07 Å². The summed E-state index contributed by atoms with van der Waals surface area (Å²) >= 11 is 0. The quantitative estimate of drug-likeness (QED) is 0.711. The third-order valence-corrected chi connectivity index (χ3v) is 5.19. The van der Waals surface area contributed by atoms with Crippen LogP contribution in [0.1, 0.15) is 17.7 Å². The molecule has 0 saturated carbocycles. The van der Waals surface area contributed by atoms with Crippen LogP contribution in [-0.4, -0.2) is 28.6 Å². The molecular weight excluding hydrogens is 358 g/mol. The monoisotopic (exact) mass is 375 g/mol. The molecule has 3 aromatic rings. The van der Waals surface area contributed by atoms with Crippen molar-refractivity contribution in [3.05, 3.63) is 71.9 Å². The molecule has 1 aromatic heterocycles. The van der Waals surface area contributed by atoms with Crippen LogP contribution in [-0.2, 0) is 16.9 Å². The molecule has 0 aliphatic carbocycles. The number of nitrogens with zero attached hydrogens (tertiary/aromatic N) is 2. The Morgan fingerprint density at radius 1 is 1.07 bits per heavy atom. The standard InChI is InChI=1S/C21H17N3O4/c25-19-21(10-11-27-17-9-5-4-8-16(17)21)22-20(26)24(19)13-15-12-18(28-23-15)14-6-2-1-3-7-14/h1-9,12H,10-11,13H2,(H,22,26)/t21-/m0/s1. The second-order valence-electron chi connectivity index (χ2n) is 6.87. The zero-order chi connectivity index (χ0) is 19.1. The Morgan fingerprint density at radius 3 is 2.71 bits per heavy atom. The van der Waals surface area contributed by atoms with Gasteiger partial charge in [0, 0.05) is 23.6 Å². The molecule has 3 heterocycles. The van der Waals surface area contributed by atoms with E-state index in [1.165, 1.54) is 4.90 Å². The largest absolute Gasteiger partial charge is 0.493 e. The highest BCUT2D eigenvalue weighted by atomic mass is 16.5. The summed E-state index contributed by atoms with van der Waals surface area (Å²) in [6, 6.07) is 18.2. The predicted molar refractivity (Wildman–Crippen MR) is 99.3 cm³/mol. The molecular formula is C21H17N3O4. The van der Waals surface area contributed by atoms with E-state index >= 15 is 0 Å². The van der Waals surface area contributed by atoms with Gasteiger partial charge in [-0.15, -0.1) is 0 Å². The van der Waals surface area contributed by atoms with Crippen LogP contribution in [0.5, 0.6) is 5.75 Å². The molecule has 1 spiro atoms. The summed E-state index contributed by atoms with van der Waals surface area (Å²) in [5.74, 6) is 0.920. The SMILES string of the molecule is O=C1N[C@]2(CCOc3ccccc32)C(=O)N1Cc1cc(-c2ccccc2)on1. The molecule has 7 nitrogen and oxygen atoms in total. The number of carbonyl (C=O) groups excluding carboxylic acids is 2. The number of fused-ring (bicyclic) bond motifs is 2. The van der Waals surface area contributed by atoms with Gasteiger partial charge in [-0.05, 0) is 6.07 Å². The number of carbonyl (C=O) groups is 2. The lowest BCUT2D eigenvalue weighted by Gasteiger charge is -2.33. The molecule has 0 unspecified atom stereocenters. The van der Waals surface area contributed by atoms with Crippen LogP contribution >= 0.6 is 0 Å². The second-order valence-corrected chi connectivity index (χ2v) is 6.87. The third-order valence-electron chi connectivity index (χ3n) is 5.19. The number of hydrogen-bond acceptors (Lipinski definition) is 5. The highest BCUT2D eigenvalue weighted by Crippen LogP contribution is 2.41. The Labute approximate surface area is 160 Å². The summed E-state index contributed by atoms with van der Waals surface area (Å²) in [6.07, 6.45) is 0.388. The van der Waals surface area contributed by atoms with Gasteiger partial charge in [-0.2, -0.15) is 0 Å². The first-order chi connectivity index (χ1) is 13.7. The molecule has 5 rings (SSSR count). The van der Waals surface area contributed by atoms with Gasteiger partial charge in [0.2, 0.25) is 0 Å². The van der Waals surface area contributed by atoms with E-state index in [-0.39, 0.29) is 12.5 Å². The molecule has 1 N–H and O–H groups in total. The average Bonchev–Trinajstić information content (AvgIpc) is 3.29. The predicted octanol–water partition coefficient (Wildman–Crippen LogP) is 3.07. The molecule has 0 radical (unpaired) electrons. The van der Waals surface area contributed by atoms with E-state index in [1.807, 2.05) is 54.6 Å². The average molecular weight is 375 g/mol. The molecule has 1 saturated heterocycles. The van der Waals surface area contributed by atoms with Crippen LogP contribution in [0.2, 0.25) is 0 Å². The Balaban J connectivity index is 1.43. The first-order valence-electron chi connectivity index (χ1n) is 9.05. The highest BCUT2D eigenvalue weighted by Gasteiger charge is 2.54. The molecule has 0 bridgehead atoms. The number of imide groups is 1. The number of rotatable bonds is 3. The Hall–Kier alpha value is -3.61. The number of benzene rings is 2. The lowest BCUT2D eigenvalue weighted by atomic mass is 9.84. The third kappa shape index (κ3) is 2.47. The smallest absolute Gasteiger partial charge is 0.325 e. The number of amides is 3. The lowest BCUT2D eigenvalue weighted by molar-refractivity contribution is -0.133. The molecule has 2 aromatic carbocycles. The number of hydrogen-bond donors (Lipinski definition) is 1. The van der Waals surface area contributed by atoms with Crippen LogP contribution < -0.4 is 10.1 Å². The van der Waals surface area contributed by atoms with Crippen molar-refractivity contribution in [1.29, 1.82) is 0 Å². The summed E-state index contributed by atoms with van der Waals surface area (Å²) in [7, 11) is 0. The Kier molecular flexibility index (Phi) is 3.68. The maximum atomic E-state index is 13.3. The minimum atomic E-state index is -1.09. The van der Waals surface area contributed by atoms with Gasteiger partial charge in [0.15, 0.2) is 11.3 Å². The number of nitrogens with one attached hydrogen (secondary N) is 1. The van der Waals surface area contributed by atoms with Crippen molar-refractivity contribution in [1.82, 2.24) is 15.4 Å². The molecule has 3 amide bonds. The van der Waals surface area contributed by atoms with Gasteiger partial charge < -0.3 is 14.6 Å². The van der Waals surface area contributed by atoms with Gasteiger partial charge in [0.1, 0.15) is 11.4 Å². The first kappa shape index (κ1) is 16.6. The number of ether oxygens (including phenoxy) is 1. The number of aromatic nitrogens is 1. The molecule has 2 aliphatic heterocycles. The summed E-state index contributed by atoms with van der Waals surface area (Å²) in [5.41, 5.74) is 0.998. The van der Waals surface area contributed by atoms with Crippen LogP contribution in [0.4, 0.5) is 4.79 Å². The van der Waals surface area contributed by atoms with Crippen molar-refractivity contribution in [2.24, 2.45) is 0 Å². The number of urea groups is 1. The Bertz CT molecular complexity index is 1060. The lowest BCUT2D eigenvalue weighted by Crippen LogP contribution is -2.47. The summed E-state index contributed by atoms with van der Waals surface area (Å²) in [5, 5.41) is 6.91. The minimum absolute atomic E-state index is 0.0474. The molecule has 1 fully saturated rings.